The second kappa shape index (κ2) is 10.7. The molecule has 1 amide bonds. The molecule has 0 atom stereocenters. The summed E-state index contributed by atoms with van der Waals surface area (Å²) in [5.41, 5.74) is 3.32. The number of carbonyl (C=O) groups is 2. The fourth-order valence-corrected chi connectivity index (χ4v) is 4.11. The molecule has 0 radical (unpaired) electrons. The Labute approximate surface area is 170 Å². The Hall–Kier alpha value is -1.69. The molecule has 0 aliphatic carbocycles. The highest BCUT2D eigenvalue weighted by molar-refractivity contribution is 7.91. The molecule has 158 valence electrons. The van der Waals surface area contributed by atoms with E-state index in [2.05, 4.69) is 5.32 Å². The third-order valence-corrected chi connectivity index (χ3v) is 7.11. The smallest absolute Gasteiger partial charge is 0.251 e. The highest BCUT2D eigenvalue weighted by Crippen LogP contribution is 2.19. The fourth-order valence-electron chi connectivity index (χ4n) is 3.03. The number of aryl methyl sites for hydroxylation is 1. The monoisotopic (exact) mass is 409 g/mol. The zero-order chi connectivity index (χ0) is 21.5. The molecule has 0 heterocycles. The number of amides is 1. The maximum atomic E-state index is 12.4. The molecule has 0 aliphatic heterocycles. The summed E-state index contributed by atoms with van der Waals surface area (Å²) < 4.78 is 23.6. The Morgan fingerprint density at radius 3 is 2.21 bits per heavy atom. The molecule has 0 aliphatic rings. The van der Waals surface area contributed by atoms with E-state index in [-0.39, 0.29) is 28.7 Å². The van der Waals surface area contributed by atoms with Crippen LogP contribution < -0.4 is 5.32 Å². The number of carbonyl (C=O) groups excluding carboxylic acids is 2. The molecule has 0 spiro atoms. The Balaban J connectivity index is 2.62. The van der Waals surface area contributed by atoms with Gasteiger partial charge in [0.1, 0.15) is 5.78 Å². The summed E-state index contributed by atoms with van der Waals surface area (Å²) in [5.74, 6) is 0.191. The van der Waals surface area contributed by atoms with Crippen molar-refractivity contribution in [2.75, 3.05) is 5.75 Å². The van der Waals surface area contributed by atoms with Crippen LogP contribution in [0.4, 0.5) is 0 Å². The van der Waals surface area contributed by atoms with Gasteiger partial charge in [-0.15, -0.1) is 0 Å². The van der Waals surface area contributed by atoms with Gasteiger partial charge in [0.2, 0.25) is 0 Å². The van der Waals surface area contributed by atoms with Gasteiger partial charge in [0, 0.05) is 24.4 Å². The molecule has 1 aromatic carbocycles. The number of sulfone groups is 1. The van der Waals surface area contributed by atoms with Crippen LogP contribution in [-0.4, -0.2) is 37.2 Å². The number of hydrogen-bond acceptors (Lipinski definition) is 4. The van der Waals surface area contributed by atoms with E-state index in [0.29, 0.717) is 31.2 Å². The Morgan fingerprint density at radius 1 is 1.00 bits per heavy atom. The molecular formula is C22H35NO4S. The van der Waals surface area contributed by atoms with Crippen molar-refractivity contribution in [1.82, 2.24) is 5.32 Å². The van der Waals surface area contributed by atoms with Crippen LogP contribution in [0.15, 0.2) is 12.1 Å². The van der Waals surface area contributed by atoms with E-state index in [0.717, 1.165) is 23.1 Å². The van der Waals surface area contributed by atoms with Crippen molar-refractivity contribution in [1.29, 1.82) is 0 Å². The van der Waals surface area contributed by atoms with Crippen LogP contribution in [0, 0.1) is 13.8 Å². The summed E-state index contributed by atoms with van der Waals surface area (Å²) in [6.45, 7) is 11.0. The lowest BCUT2D eigenvalue weighted by molar-refractivity contribution is -0.118. The minimum Gasteiger partial charge on any atom is -0.350 e. The summed E-state index contributed by atoms with van der Waals surface area (Å²) >= 11 is 0. The van der Waals surface area contributed by atoms with Crippen LogP contribution in [0.1, 0.15) is 80.4 Å². The van der Waals surface area contributed by atoms with Gasteiger partial charge in [0.25, 0.3) is 5.91 Å². The maximum Gasteiger partial charge on any atom is 0.251 e. The van der Waals surface area contributed by atoms with E-state index in [9.17, 15) is 18.0 Å². The zero-order valence-corrected chi connectivity index (χ0v) is 18.9. The van der Waals surface area contributed by atoms with E-state index in [4.69, 9.17) is 0 Å². The first-order chi connectivity index (χ1) is 12.9. The standard InChI is InChI=1S/C22H35NO4S/c1-15(2)23-22(25)21-13-17(5)12-19(18(21)6)14-20(24)10-8-7-9-11-28(26,27)16(3)4/h12-13,15-16H,7-11,14H2,1-6H3,(H,23,25). The molecule has 0 bridgehead atoms. The van der Waals surface area contributed by atoms with Crippen molar-refractivity contribution in [3.05, 3.63) is 34.4 Å². The van der Waals surface area contributed by atoms with Crippen LogP contribution >= 0.6 is 0 Å². The number of ketones is 1. The number of rotatable bonds is 11. The molecular weight excluding hydrogens is 374 g/mol. The van der Waals surface area contributed by atoms with Crippen LogP contribution in [0.5, 0.6) is 0 Å². The van der Waals surface area contributed by atoms with Gasteiger partial charge in [-0.2, -0.15) is 0 Å². The SMILES string of the molecule is Cc1cc(CC(=O)CCCCCS(=O)(=O)C(C)C)c(C)c(C(=O)NC(C)C)c1. The van der Waals surface area contributed by atoms with Crippen molar-refractivity contribution in [3.63, 3.8) is 0 Å². The molecule has 0 unspecified atom stereocenters. The number of nitrogens with one attached hydrogen (secondary N) is 1. The van der Waals surface area contributed by atoms with Gasteiger partial charge < -0.3 is 5.32 Å². The van der Waals surface area contributed by atoms with Crippen molar-refractivity contribution < 1.29 is 18.0 Å². The highest BCUT2D eigenvalue weighted by Gasteiger charge is 2.17. The lowest BCUT2D eigenvalue weighted by atomic mass is 9.94. The largest absolute Gasteiger partial charge is 0.350 e. The normalized spacial score (nSPS) is 11.9. The summed E-state index contributed by atoms with van der Waals surface area (Å²) in [4.78, 5) is 24.8. The van der Waals surface area contributed by atoms with Gasteiger partial charge >= 0.3 is 0 Å². The van der Waals surface area contributed by atoms with Gasteiger partial charge in [0.15, 0.2) is 9.84 Å². The molecule has 0 saturated carbocycles. The molecule has 1 N–H and O–H groups in total. The number of hydrogen-bond donors (Lipinski definition) is 1. The molecule has 1 rings (SSSR count). The number of Topliss-reactive ketones (excluding diaryl/α,β-unsaturated/α-hetero) is 1. The third-order valence-electron chi connectivity index (χ3n) is 4.81. The van der Waals surface area contributed by atoms with Crippen LogP contribution in [0.3, 0.4) is 0 Å². The molecule has 0 saturated heterocycles. The van der Waals surface area contributed by atoms with Crippen molar-refractivity contribution in [3.8, 4) is 0 Å². The second-order valence-corrected chi connectivity index (χ2v) is 10.8. The minimum atomic E-state index is -3.00. The lowest BCUT2D eigenvalue weighted by Gasteiger charge is -2.14. The van der Waals surface area contributed by atoms with Gasteiger partial charge in [-0.3, -0.25) is 9.59 Å². The summed E-state index contributed by atoms with van der Waals surface area (Å²) in [6, 6.07) is 3.88. The average molecular weight is 410 g/mol. The highest BCUT2D eigenvalue weighted by atomic mass is 32.2. The summed E-state index contributed by atoms with van der Waals surface area (Å²) in [5, 5.41) is 2.56. The molecule has 0 fully saturated rings. The van der Waals surface area contributed by atoms with Crippen molar-refractivity contribution in [2.45, 2.75) is 84.9 Å². The molecule has 5 nitrogen and oxygen atoms in total. The van der Waals surface area contributed by atoms with Gasteiger partial charge in [-0.1, -0.05) is 18.1 Å². The third kappa shape index (κ3) is 7.74. The van der Waals surface area contributed by atoms with Crippen LogP contribution in [0.25, 0.3) is 0 Å². The Bertz CT molecular complexity index is 795. The van der Waals surface area contributed by atoms with Crippen molar-refractivity contribution >= 4 is 21.5 Å². The molecule has 28 heavy (non-hydrogen) atoms. The van der Waals surface area contributed by atoms with E-state index >= 15 is 0 Å². The summed E-state index contributed by atoms with van der Waals surface area (Å²) in [6.07, 6.45) is 2.75. The molecule has 6 heteroatoms. The average Bonchev–Trinajstić information content (AvgIpc) is 2.56. The lowest BCUT2D eigenvalue weighted by Crippen LogP contribution is -2.31. The number of benzene rings is 1. The Kier molecular flexibility index (Phi) is 9.34. The first-order valence-corrected chi connectivity index (χ1v) is 11.8. The van der Waals surface area contributed by atoms with Crippen LogP contribution in [-0.2, 0) is 21.1 Å². The number of unbranched alkanes of at least 4 members (excludes halogenated alkanes) is 2. The van der Waals surface area contributed by atoms with E-state index < -0.39 is 9.84 Å². The fraction of sp³-hybridized carbons (Fsp3) is 0.636. The van der Waals surface area contributed by atoms with E-state index in [1.54, 1.807) is 13.8 Å². The quantitative estimate of drug-likeness (QED) is 0.562. The van der Waals surface area contributed by atoms with Gasteiger partial charge in [-0.05, 0) is 71.6 Å². The Morgan fingerprint density at radius 2 is 1.64 bits per heavy atom. The van der Waals surface area contributed by atoms with Gasteiger partial charge in [0.05, 0.1) is 11.0 Å². The van der Waals surface area contributed by atoms with E-state index in [1.807, 2.05) is 39.8 Å². The predicted molar refractivity (Wildman–Crippen MR) is 115 cm³/mol. The van der Waals surface area contributed by atoms with Crippen molar-refractivity contribution in [2.24, 2.45) is 0 Å². The maximum absolute atomic E-state index is 12.4. The van der Waals surface area contributed by atoms with Crippen LogP contribution in [0.2, 0.25) is 0 Å². The second-order valence-electron chi connectivity index (χ2n) is 8.17. The predicted octanol–water partition coefficient (Wildman–Crippen LogP) is 3.94. The zero-order valence-electron chi connectivity index (χ0n) is 18.1. The minimum absolute atomic E-state index is 0.0528. The van der Waals surface area contributed by atoms with Gasteiger partial charge in [-0.25, -0.2) is 8.42 Å². The topological polar surface area (TPSA) is 80.3 Å². The first-order valence-electron chi connectivity index (χ1n) is 10.1. The summed E-state index contributed by atoms with van der Waals surface area (Å²) in [7, 11) is -3.00. The molecule has 1 aromatic rings. The molecule has 0 aromatic heterocycles. The first kappa shape index (κ1) is 24.3. The van der Waals surface area contributed by atoms with E-state index in [1.165, 1.54) is 0 Å².